The number of aromatic nitrogens is 2. The Kier molecular flexibility index (Phi) is 6.04. The van der Waals surface area contributed by atoms with Crippen LogP contribution >= 0.6 is 0 Å². The third-order valence-corrected chi connectivity index (χ3v) is 4.06. The fourth-order valence-corrected chi connectivity index (χ4v) is 2.62. The molecule has 0 atom stereocenters. The van der Waals surface area contributed by atoms with Crippen molar-refractivity contribution in [1.82, 2.24) is 15.1 Å². The molecule has 0 bridgehead atoms. The van der Waals surface area contributed by atoms with E-state index in [1.54, 1.807) is 12.1 Å². The first-order valence-corrected chi connectivity index (χ1v) is 8.68. The standard InChI is InChI=1S/C20H18FN5O3/c1-13-3-2-4-16(7-13)28-12-19(27)26(11-18-24-25-20(23)29-18)10-15-6-5-14(9-22)8-17(15)21/h2-8H,10-12H2,1H3,(H2,23,25). The number of anilines is 1. The quantitative estimate of drug-likeness (QED) is 0.653. The van der Waals surface area contributed by atoms with Gasteiger partial charge in [-0.2, -0.15) is 5.26 Å². The lowest BCUT2D eigenvalue weighted by Gasteiger charge is -2.21. The lowest BCUT2D eigenvalue weighted by Crippen LogP contribution is -2.34. The summed E-state index contributed by atoms with van der Waals surface area (Å²) in [5.74, 6) is -0.344. The number of nitrogens with zero attached hydrogens (tertiary/aromatic N) is 4. The monoisotopic (exact) mass is 395 g/mol. The molecule has 3 aromatic rings. The van der Waals surface area contributed by atoms with Crippen LogP contribution in [0.3, 0.4) is 0 Å². The molecule has 2 N–H and O–H groups in total. The fourth-order valence-electron chi connectivity index (χ4n) is 2.62. The third-order valence-electron chi connectivity index (χ3n) is 4.06. The van der Waals surface area contributed by atoms with Gasteiger partial charge in [-0.1, -0.05) is 23.3 Å². The zero-order valence-electron chi connectivity index (χ0n) is 15.6. The lowest BCUT2D eigenvalue weighted by atomic mass is 10.1. The fraction of sp³-hybridized carbons (Fsp3) is 0.200. The van der Waals surface area contributed by atoms with Gasteiger partial charge < -0.3 is 19.8 Å². The summed E-state index contributed by atoms with van der Waals surface area (Å²) in [5.41, 5.74) is 6.85. The summed E-state index contributed by atoms with van der Waals surface area (Å²) in [4.78, 5) is 14.1. The number of halogens is 1. The second-order valence-electron chi connectivity index (χ2n) is 6.31. The maximum absolute atomic E-state index is 14.3. The second kappa shape index (κ2) is 8.84. The molecule has 1 heterocycles. The molecule has 8 nitrogen and oxygen atoms in total. The first-order chi connectivity index (χ1) is 13.9. The number of carbonyl (C=O) groups is 1. The third kappa shape index (κ3) is 5.29. The molecule has 0 aliphatic heterocycles. The topological polar surface area (TPSA) is 118 Å². The second-order valence-corrected chi connectivity index (χ2v) is 6.31. The van der Waals surface area contributed by atoms with Crippen molar-refractivity contribution in [1.29, 1.82) is 5.26 Å². The predicted molar refractivity (Wildman–Crippen MR) is 101 cm³/mol. The Morgan fingerprint density at radius 1 is 1.28 bits per heavy atom. The molecule has 148 valence electrons. The zero-order valence-corrected chi connectivity index (χ0v) is 15.6. The maximum Gasteiger partial charge on any atom is 0.312 e. The molecule has 0 aliphatic rings. The summed E-state index contributed by atoms with van der Waals surface area (Å²) in [7, 11) is 0. The van der Waals surface area contributed by atoms with Crippen molar-refractivity contribution in [2.24, 2.45) is 0 Å². The first kappa shape index (κ1) is 19.8. The molecule has 29 heavy (non-hydrogen) atoms. The van der Waals surface area contributed by atoms with Crippen LogP contribution in [0.15, 0.2) is 46.9 Å². The predicted octanol–water partition coefficient (Wildman–Crippen LogP) is 2.58. The van der Waals surface area contributed by atoms with E-state index in [2.05, 4.69) is 10.2 Å². The minimum Gasteiger partial charge on any atom is -0.484 e. The summed E-state index contributed by atoms with van der Waals surface area (Å²) in [5, 5.41) is 16.2. The molecule has 0 unspecified atom stereocenters. The van der Waals surface area contributed by atoms with Crippen LogP contribution in [-0.4, -0.2) is 27.6 Å². The molecule has 3 rings (SSSR count). The van der Waals surface area contributed by atoms with E-state index in [9.17, 15) is 9.18 Å². The van der Waals surface area contributed by atoms with Crippen LogP contribution in [0.2, 0.25) is 0 Å². The Morgan fingerprint density at radius 2 is 2.10 bits per heavy atom. The number of nitriles is 1. The normalized spacial score (nSPS) is 10.4. The number of carbonyl (C=O) groups excluding carboxylic acids is 1. The molecule has 1 aromatic heterocycles. The number of hydrogen-bond acceptors (Lipinski definition) is 7. The van der Waals surface area contributed by atoms with Crippen molar-refractivity contribution in [2.45, 2.75) is 20.0 Å². The van der Waals surface area contributed by atoms with Crippen molar-refractivity contribution in [2.75, 3.05) is 12.3 Å². The highest BCUT2D eigenvalue weighted by molar-refractivity contribution is 5.77. The number of benzene rings is 2. The van der Waals surface area contributed by atoms with Crippen LogP contribution in [-0.2, 0) is 17.9 Å². The molecule has 2 aromatic carbocycles. The van der Waals surface area contributed by atoms with Gasteiger partial charge in [0, 0.05) is 12.1 Å². The lowest BCUT2D eigenvalue weighted by molar-refractivity contribution is -0.135. The summed E-state index contributed by atoms with van der Waals surface area (Å²) < 4.78 is 25.0. The van der Waals surface area contributed by atoms with E-state index >= 15 is 0 Å². The van der Waals surface area contributed by atoms with Gasteiger partial charge in [-0.15, -0.1) is 5.10 Å². The number of hydrogen-bond donors (Lipinski definition) is 1. The van der Waals surface area contributed by atoms with Gasteiger partial charge in [0.15, 0.2) is 6.61 Å². The number of amides is 1. The van der Waals surface area contributed by atoms with E-state index in [1.807, 2.05) is 25.1 Å². The van der Waals surface area contributed by atoms with Gasteiger partial charge in [0.2, 0.25) is 5.89 Å². The average Bonchev–Trinajstić information content (AvgIpc) is 3.11. The van der Waals surface area contributed by atoms with Crippen LogP contribution in [0.5, 0.6) is 5.75 Å². The minimum absolute atomic E-state index is 0.0698. The molecule has 0 saturated carbocycles. The number of nitrogen functional groups attached to an aromatic ring is 1. The highest BCUT2D eigenvalue weighted by atomic mass is 19.1. The van der Waals surface area contributed by atoms with Gasteiger partial charge in [0.25, 0.3) is 5.91 Å². The molecule has 9 heteroatoms. The Balaban J connectivity index is 1.76. The molecule has 1 amide bonds. The number of ether oxygens (including phenoxy) is 1. The average molecular weight is 395 g/mol. The highest BCUT2D eigenvalue weighted by Gasteiger charge is 2.20. The summed E-state index contributed by atoms with van der Waals surface area (Å²) >= 11 is 0. The van der Waals surface area contributed by atoms with Crippen LogP contribution in [0, 0.1) is 24.1 Å². The van der Waals surface area contributed by atoms with Gasteiger partial charge in [-0.3, -0.25) is 4.79 Å². The van der Waals surface area contributed by atoms with E-state index in [-0.39, 0.29) is 42.7 Å². The summed E-state index contributed by atoms with van der Waals surface area (Å²) in [6.07, 6.45) is 0. The van der Waals surface area contributed by atoms with Crippen molar-refractivity contribution in [3.8, 4) is 11.8 Å². The van der Waals surface area contributed by atoms with Crippen LogP contribution in [0.25, 0.3) is 0 Å². The van der Waals surface area contributed by atoms with Gasteiger partial charge >= 0.3 is 6.01 Å². The van der Waals surface area contributed by atoms with Gasteiger partial charge in [-0.05, 0) is 36.8 Å². The van der Waals surface area contributed by atoms with Gasteiger partial charge in [0.05, 0.1) is 18.2 Å². The zero-order chi connectivity index (χ0) is 20.8. The van der Waals surface area contributed by atoms with Crippen LogP contribution in [0.1, 0.15) is 22.6 Å². The molecule has 0 saturated heterocycles. The van der Waals surface area contributed by atoms with E-state index in [1.165, 1.54) is 17.0 Å². The van der Waals surface area contributed by atoms with E-state index in [0.717, 1.165) is 11.6 Å². The smallest absolute Gasteiger partial charge is 0.312 e. The maximum atomic E-state index is 14.3. The van der Waals surface area contributed by atoms with E-state index in [0.29, 0.717) is 5.75 Å². The number of aryl methyl sites for hydroxylation is 1. The molecular formula is C20H18FN5O3. The van der Waals surface area contributed by atoms with E-state index < -0.39 is 11.7 Å². The number of rotatable bonds is 7. The first-order valence-electron chi connectivity index (χ1n) is 8.68. The minimum atomic E-state index is -0.591. The Morgan fingerprint density at radius 3 is 2.76 bits per heavy atom. The Labute approximate surface area is 166 Å². The highest BCUT2D eigenvalue weighted by Crippen LogP contribution is 2.17. The molecule has 0 spiro atoms. The molecule has 0 aliphatic carbocycles. The van der Waals surface area contributed by atoms with Gasteiger partial charge in [0.1, 0.15) is 11.6 Å². The summed E-state index contributed by atoms with van der Waals surface area (Å²) in [6.45, 7) is 1.51. The van der Waals surface area contributed by atoms with Gasteiger partial charge in [-0.25, -0.2) is 4.39 Å². The molecule has 0 fully saturated rings. The Hall–Kier alpha value is -3.93. The van der Waals surface area contributed by atoms with Crippen molar-refractivity contribution < 1.29 is 18.3 Å². The van der Waals surface area contributed by atoms with E-state index in [4.69, 9.17) is 20.1 Å². The SMILES string of the molecule is Cc1cccc(OCC(=O)N(Cc2nnc(N)o2)Cc2ccc(C#N)cc2F)c1. The van der Waals surface area contributed by atoms with Crippen molar-refractivity contribution >= 4 is 11.9 Å². The largest absolute Gasteiger partial charge is 0.484 e. The Bertz CT molecular complexity index is 1060. The van der Waals surface area contributed by atoms with Crippen LogP contribution < -0.4 is 10.5 Å². The number of nitrogens with two attached hydrogens (primary N) is 1. The molecule has 0 radical (unpaired) electrons. The van der Waals surface area contributed by atoms with Crippen LogP contribution in [0.4, 0.5) is 10.4 Å². The van der Waals surface area contributed by atoms with Crippen molar-refractivity contribution in [3.63, 3.8) is 0 Å². The van der Waals surface area contributed by atoms with Crippen molar-refractivity contribution in [3.05, 3.63) is 70.9 Å². The molecular weight excluding hydrogens is 377 g/mol. The summed E-state index contributed by atoms with van der Waals surface area (Å²) in [6, 6.07) is 13.1.